The Morgan fingerprint density at radius 1 is 1.19 bits per heavy atom. The van der Waals surface area contributed by atoms with Crippen LogP contribution in [0.2, 0.25) is 0 Å². The van der Waals surface area contributed by atoms with E-state index in [4.69, 9.17) is 4.74 Å². The van der Waals surface area contributed by atoms with Crippen LogP contribution < -0.4 is 5.32 Å². The van der Waals surface area contributed by atoms with Gasteiger partial charge in [-0.05, 0) is 58.3 Å². The molecule has 0 atom stereocenters. The number of alkyl carbamates (subject to hydrolysis) is 1. The fraction of sp³-hybridized carbons (Fsp3) is 0.923. The predicted molar refractivity (Wildman–Crippen MR) is 63.3 cm³/mol. The molecule has 0 heterocycles. The smallest absolute Gasteiger partial charge is 0.408 e. The minimum absolute atomic E-state index is 0.0388. The van der Waals surface area contributed by atoms with Crippen molar-refractivity contribution in [1.82, 2.24) is 5.32 Å². The van der Waals surface area contributed by atoms with E-state index in [2.05, 4.69) is 12.2 Å². The maximum Gasteiger partial charge on any atom is 0.408 e. The SMILES string of the molecule is CC12CCC(NC(=O)OC(C)(C)C)(CC1)C2. The highest BCUT2D eigenvalue weighted by Gasteiger charge is 2.52. The topological polar surface area (TPSA) is 38.3 Å². The van der Waals surface area contributed by atoms with Crippen molar-refractivity contribution in [3.8, 4) is 0 Å². The van der Waals surface area contributed by atoms with Crippen LogP contribution in [0.1, 0.15) is 59.8 Å². The molecule has 16 heavy (non-hydrogen) atoms. The number of hydrogen-bond acceptors (Lipinski definition) is 2. The van der Waals surface area contributed by atoms with Gasteiger partial charge in [0.15, 0.2) is 0 Å². The van der Waals surface area contributed by atoms with E-state index >= 15 is 0 Å². The van der Waals surface area contributed by atoms with Crippen molar-refractivity contribution in [2.75, 3.05) is 0 Å². The zero-order chi connectivity index (χ0) is 12.0. The fourth-order valence-electron chi connectivity index (χ4n) is 3.19. The summed E-state index contributed by atoms with van der Waals surface area (Å²) in [6, 6.07) is 0. The molecule has 3 nitrogen and oxygen atoms in total. The zero-order valence-electron chi connectivity index (χ0n) is 10.9. The van der Waals surface area contributed by atoms with E-state index < -0.39 is 5.60 Å². The second-order valence-corrected chi connectivity index (χ2v) is 6.89. The summed E-state index contributed by atoms with van der Waals surface area (Å²) in [7, 11) is 0. The predicted octanol–water partition coefficient (Wildman–Crippen LogP) is 3.23. The second-order valence-electron chi connectivity index (χ2n) is 6.89. The standard InChI is InChI=1S/C13H23NO2/c1-11(2,3)16-10(15)14-13-7-5-12(4,9-13)6-8-13/h5-9H2,1-4H3,(H,14,15). The highest BCUT2D eigenvalue weighted by Crippen LogP contribution is 2.56. The van der Waals surface area contributed by atoms with Gasteiger partial charge < -0.3 is 10.1 Å². The number of carbonyl (C=O) groups excluding carboxylic acids is 1. The monoisotopic (exact) mass is 225 g/mol. The van der Waals surface area contributed by atoms with Crippen LogP contribution in [0, 0.1) is 5.41 Å². The highest BCUT2D eigenvalue weighted by molar-refractivity contribution is 5.69. The Labute approximate surface area is 97.9 Å². The lowest BCUT2D eigenvalue weighted by Gasteiger charge is -2.29. The first kappa shape index (κ1) is 11.7. The average molecular weight is 225 g/mol. The molecule has 0 aromatic rings. The van der Waals surface area contributed by atoms with Gasteiger partial charge in [0, 0.05) is 5.54 Å². The van der Waals surface area contributed by atoms with Crippen molar-refractivity contribution in [2.45, 2.75) is 70.9 Å². The van der Waals surface area contributed by atoms with E-state index in [0.29, 0.717) is 5.41 Å². The molecule has 0 saturated heterocycles. The molecular formula is C13H23NO2. The molecule has 0 radical (unpaired) electrons. The molecule has 0 aliphatic heterocycles. The van der Waals surface area contributed by atoms with Crippen LogP contribution in [0.15, 0.2) is 0 Å². The van der Waals surface area contributed by atoms with Crippen molar-refractivity contribution < 1.29 is 9.53 Å². The van der Waals surface area contributed by atoms with Crippen LogP contribution in [-0.2, 0) is 4.74 Å². The third-order valence-corrected chi connectivity index (χ3v) is 3.95. The van der Waals surface area contributed by atoms with Gasteiger partial charge in [0.1, 0.15) is 5.60 Å². The van der Waals surface area contributed by atoms with Gasteiger partial charge in [-0.3, -0.25) is 0 Å². The molecule has 2 saturated carbocycles. The van der Waals surface area contributed by atoms with Gasteiger partial charge in [-0.1, -0.05) is 6.92 Å². The van der Waals surface area contributed by atoms with Gasteiger partial charge in [0.05, 0.1) is 0 Å². The summed E-state index contributed by atoms with van der Waals surface area (Å²) in [5, 5.41) is 3.10. The van der Waals surface area contributed by atoms with Crippen LogP contribution >= 0.6 is 0 Å². The number of rotatable bonds is 1. The van der Waals surface area contributed by atoms with Crippen molar-refractivity contribution in [3.05, 3.63) is 0 Å². The molecule has 0 aromatic carbocycles. The summed E-state index contributed by atoms with van der Waals surface area (Å²) in [5.74, 6) is 0. The lowest BCUT2D eigenvalue weighted by Crippen LogP contribution is -2.47. The Morgan fingerprint density at radius 2 is 1.75 bits per heavy atom. The molecule has 2 aliphatic rings. The van der Waals surface area contributed by atoms with E-state index in [-0.39, 0.29) is 11.6 Å². The number of nitrogens with one attached hydrogen (secondary N) is 1. The Morgan fingerprint density at radius 3 is 2.12 bits per heavy atom. The van der Waals surface area contributed by atoms with Crippen molar-refractivity contribution in [1.29, 1.82) is 0 Å². The summed E-state index contributed by atoms with van der Waals surface area (Å²) in [6.45, 7) is 8.03. The lowest BCUT2D eigenvalue weighted by atomic mass is 9.86. The fourth-order valence-corrected chi connectivity index (χ4v) is 3.19. The molecule has 3 heteroatoms. The first-order chi connectivity index (χ1) is 7.22. The average Bonchev–Trinajstić information content (AvgIpc) is 2.53. The maximum atomic E-state index is 11.8. The number of carbonyl (C=O) groups is 1. The van der Waals surface area contributed by atoms with E-state index in [9.17, 15) is 4.79 Å². The van der Waals surface area contributed by atoms with E-state index in [1.807, 2.05) is 20.8 Å². The quantitative estimate of drug-likeness (QED) is 0.744. The van der Waals surface area contributed by atoms with Gasteiger partial charge >= 0.3 is 6.09 Å². The van der Waals surface area contributed by atoms with Gasteiger partial charge in [-0.2, -0.15) is 0 Å². The summed E-state index contributed by atoms with van der Waals surface area (Å²) in [5.41, 5.74) is 0.104. The molecule has 2 bridgehead atoms. The minimum Gasteiger partial charge on any atom is -0.444 e. The van der Waals surface area contributed by atoms with Crippen LogP contribution in [0.3, 0.4) is 0 Å². The van der Waals surface area contributed by atoms with Gasteiger partial charge in [-0.15, -0.1) is 0 Å². The van der Waals surface area contributed by atoms with Crippen molar-refractivity contribution in [3.63, 3.8) is 0 Å². The summed E-state index contributed by atoms with van der Waals surface area (Å²) in [6.07, 6.45) is 5.58. The first-order valence-electron chi connectivity index (χ1n) is 6.23. The molecule has 1 N–H and O–H groups in total. The molecule has 0 spiro atoms. The molecule has 92 valence electrons. The van der Waals surface area contributed by atoms with Gasteiger partial charge in [-0.25, -0.2) is 4.79 Å². The summed E-state index contributed by atoms with van der Waals surface area (Å²) < 4.78 is 5.33. The van der Waals surface area contributed by atoms with Crippen LogP contribution in [-0.4, -0.2) is 17.2 Å². The largest absolute Gasteiger partial charge is 0.444 e. The number of fused-ring (bicyclic) bond motifs is 2. The zero-order valence-corrected chi connectivity index (χ0v) is 10.9. The number of amides is 1. The van der Waals surface area contributed by atoms with Gasteiger partial charge in [0.2, 0.25) is 0 Å². The summed E-state index contributed by atoms with van der Waals surface area (Å²) >= 11 is 0. The van der Waals surface area contributed by atoms with Crippen molar-refractivity contribution in [2.24, 2.45) is 5.41 Å². The number of ether oxygens (including phenoxy) is 1. The third kappa shape index (κ3) is 2.33. The molecule has 1 amide bonds. The summed E-state index contributed by atoms with van der Waals surface area (Å²) in [4.78, 5) is 11.8. The van der Waals surface area contributed by atoms with Crippen LogP contribution in [0.25, 0.3) is 0 Å². The minimum atomic E-state index is -0.402. The normalized spacial score (nSPS) is 37.5. The number of hydrogen-bond donors (Lipinski definition) is 1. The highest BCUT2D eigenvalue weighted by atomic mass is 16.6. The van der Waals surface area contributed by atoms with Crippen LogP contribution in [0.4, 0.5) is 4.79 Å². The Hall–Kier alpha value is -0.730. The van der Waals surface area contributed by atoms with Crippen LogP contribution in [0.5, 0.6) is 0 Å². The van der Waals surface area contributed by atoms with E-state index in [0.717, 1.165) is 19.3 Å². The van der Waals surface area contributed by atoms with E-state index in [1.165, 1.54) is 12.8 Å². The first-order valence-corrected chi connectivity index (χ1v) is 6.23. The molecule has 2 fully saturated rings. The molecule has 2 rings (SSSR count). The van der Waals surface area contributed by atoms with Gasteiger partial charge in [0.25, 0.3) is 0 Å². The second kappa shape index (κ2) is 3.38. The van der Waals surface area contributed by atoms with Crippen molar-refractivity contribution >= 4 is 6.09 Å². The Kier molecular flexibility index (Phi) is 2.48. The molecule has 0 aromatic heterocycles. The Bertz CT molecular complexity index is 296. The maximum absolute atomic E-state index is 11.8. The molecular weight excluding hydrogens is 202 g/mol. The Balaban J connectivity index is 1.94. The third-order valence-electron chi connectivity index (χ3n) is 3.95. The van der Waals surface area contributed by atoms with E-state index in [1.54, 1.807) is 0 Å². The lowest BCUT2D eigenvalue weighted by molar-refractivity contribution is 0.0458. The molecule has 0 unspecified atom stereocenters. The molecule has 2 aliphatic carbocycles.